The van der Waals surface area contributed by atoms with Gasteiger partial charge in [-0.15, -0.1) is 0 Å². The largest absolute Gasteiger partial charge is 0.378 e. The first-order valence-electron chi connectivity index (χ1n) is 9.16. The summed E-state index contributed by atoms with van der Waals surface area (Å²) in [6.45, 7) is 0. The zero-order valence-electron chi connectivity index (χ0n) is 16.3. The van der Waals surface area contributed by atoms with Crippen molar-refractivity contribution in [2.24, 2.45) is 5.10 Å². The van der Waals surface area contributed by atoms with Crippen LogP contribution < -0.4 is 10.3 Å². The van der Waals surface area contributed by atoms with Crippen LogP contribution in [-0.4, -0.2) is 26.2 Å². The molecule has 0 fully saturated rings. The van der Waals surface area contributed by atoms with Crippen molar-refractivity contribution >= 4 is 41.6 Å². The highest BCUT2D eigenvalue weighted by Crippen LogP contribution is 2.14. The fourth-order valence-electron chi connectivity index (χ4n) is 2.65. The van der Waals surface area contributed by atoms with Gasteiger partial charge in [-0.25, -0.2) is 5.43 Å². The van der Waals surface area contributed by atoms with Gasteiger partial charge >= 0.3 is 0 Å². The molecular weight excluding hydrogens is 382 g/mol. The van der Waals surface area contributed by atoms with Crippen LogP contribution in [-0.2, 0) is 0 Å². The summed E-state index contributed by atoms with van der Waals surface area (Å²) in [5.41, 5.74) is 7.17. The predicted molar refractivity (Wildman–Crippen MR) is 123 cm³/mol. The summed E-state index contributed by atoms with van der Waals surface area (Å²) in [6, 6.07) is 22.9. The third-order valence-corrected chi connectivity index (χ3v) is 4.53. The maximum Gasteiger partial charge on any atom is 0.271 e. The number of amides is 1. The molecule has 0 bridgehead atoms. The Morgan fingerprint density at radius 3 is 2.24 bits per heavy atom. The summed E-state index contributed by atoms with van der Waals surface area (Å²) in [5.74, 6) is -0.245. The average Bonchev–Trinajstić information content (AvgIpc) is 2.73. The van der Waals surface area contributed by atoms with Gasteiger partial charge in [0.25, 0.3) is 5.91 Å². The smallest absolute Gasteiger partial charge is 0.271 e. The Balaban J connectivity index is 1.61. The lowest BCUT2D eigenvalue weighted by molar-refractivity contribution is 0.0955. The minimum absolute atomic E-state index is 0.245. The molecule has 0 unspecified atom stereocenters. The first-order valence-corrected chi connectivity index (χ1v) is 9.53. The molecule has 0 radical (unpaired) electrons. The standard InChI is InChI=1S/C24H22ClN3O/c1-28(2)23-14-10-21(11-15-23)24(29)27-26-17-20-5-3-4-19(16-20)7-6-18-8-12-22(25)13-9-18/h3-17H,1-2H3,(H,27,29). The molecule has 4 nitrogen and oxygen atoms in total. The molecule has 0 aromatic heterocycles. The molecule has 0 spiro atoms. The van der Waals surface area contributed by atoms with Crippen LogP contribution in [0.25, 0.3) is 12.2 Å². The monoisotopic (exact) mass is 403 g/mol. The second kappa shape index (κ2) is 9.71. The van der Waals surface area contributed by atoms with Crippen LogP contribution in [0.5, 0.6) is 0 Å². The molecule has 1 N–H and O–H groups in total. The van der Waals surface area contributed by atoms with Crippen LogP contribution in [0.15, 0.2) is 77.9 Å². The van der Waals surface area contributed by atoms with E-state index in [1.54, 1.807) is 18.3 Å². The number of rotatable bonds is 6. The number of carbonyl (C=O) groups excluding carboxylic acids is 1. The maximum atomic E-state index is 12.2. The number of nitrogens with zero attached hydrogens (tertiary/aromatic N) is 2. The zero-order valence-corrected chi connectivity index (χ0v) is 17.1. The average molecular weight is 404 g/mol. The number of carbonyl (C=O) groups is 1. The Morgan fingerprint density at radius 1 is 0.897 bits per heavy atom. The van der Waals surface area contributed by atoms with Crippen molar-refractivity contribution < 1.29 is 4.79 Å². The van der Waals surface area contributed by atoms with Crippen LogP contribution in [0.1, 0.15) is 27.0 Å². The molecule has 3 aromatic carbocycles. The molecule has 1 amide bonds. The number of hydrazone groups is 1. The molecule has 3 aromatic rings. The van der Waals surface area contributed by atoms with E-state index in [0.717, 1.165) is 27.4 Å². The number of nitrogens with one attached hydrogen (secondary N) is 1. The van der Waals surface area contributed by atoms with E-state index in [-0.39, 0.29) is 5.91 Å². The van der Waals surface area contributed by atoms with Gasteiger partial charge < -0.3 is 4.90 Å². The van der Waals surface area contributed by atoms with E-state index in [0.29, 0.717) is 5.56 Å². The van der Waals surface area contributed by atoms with Crippen molar-refractivity contribution in [3.63, 3.8) is 0 Å². The zero-order chi connectivity index (χ0) is 20.6. The molecule has 3 rings (SSSR count). The Labute approximate surface area is 176 Å². The number of hydrogen-bond donors (Lipinski definition) is 1. The van der Waals surface area contributed by atoms with Gasteiger partial charge in [-0.1, -0.05) is 54.1 Å². The number of halogens is 1. The summed E-state index contributed by atoms with van der Waals surface area (Å²) in [4.78, 5) is 14.2. The fraction of sp³-hybridized carbons (Fsp3) is 0.0833. The van der Waals surface area contributed by atoms with E-state index in [2.05, 4.69) is 10.5 Å². The topological polar surface area (TPSA) is 44.7 Å². The Morgan fingerprint density at radius 2 is 1.55 bits per heavy atom. The van der Waals surface area contributed by atoms with Crippen molar-refractivity contribution in [2.45, 2.75) is 0 Å². The van der Waals surface area contributed by atoms with Crippen molar-refractivity contribution in [2.75, 3.05) is 19.0 Å². The van der Waals surface area contributed by atoms with E-state index in [1.165, 1.54) is 0 Å². The van der Waals surface area contributed by atoms with Gasteiger partial charge in [0, 0.05) is 30.4 Å². The lowest BCUT2D eigenvalue weighted by Crippen LogP contribution is -2.17. The summed E-state index contributed by atoms with van der Waals surface area (Å²) >= 11 is 5.91. The van der Waals surface area contributed by atoms with Gasteiger partial charge in [0.05, 0.1) is 6.21 Å². The van der Waals surface area contributed by atoms with Gasteiger partial charge in [0.2, 0.25) is 0 Å². The van der Waals surface area contributed by atoms with E-state index in [4.69, 9.17) is 11.6 Å². The van der Waals surface area contributed by atoms with Gasteiger partial charge in [-0.3, -0.25) is 4.79 Å². The Bertz CT molecular complexity index is 1020. The van der Waals surface area contributed by atoms with Crippen LogP contribution >= 0.6 is 11.6 Å². The van der Waals surface area contributed by atoms with Crippen LogP contribution in [0.3, 0.4) is 0 Å². The summed E-state index contributed by atoms with van der Waals surface area (Å²) in [7, 11) is 3.91. The Hall–Kier alpha value is -3.37. The second-order valence-electron chi connectivity index (χ2n) is 6.70. The molecule has 0 saturated heterocycles. The van der Waals surface area contributed by atoms with Gasteiger partial charge in [0.15, 0.2) is 0 Å². The highest BCUT2D eigenvalue weighted by molar-refractivity contribution is 6.30. The third-order valence-electron chi connectivity index (χ3n) is 4.27. The fourth-order valence-corrected chi connectivity index (χ4v) is 2.78. The molecule has 29 heavy (non-hydrogen) atoms. The number of anilines is 1. The molecule has 0 atom stereocenters. The molecule has 5 heteroatoms. The molecule has 0 aliphatic heterocycles. The lowest BCUT2D eigenvalue weighted by Gasteiger charge is -2.12. The van der Waals surface area contributed by atoms with Crippen molar-refractivity contribution in [3.8, 4) is 0 Å². The van der Waals surface area contributed by atoms with Crippen molar-refractivity contribution in [1.82, 2.24) is 5.43 Å². The van der Waals surface area contributed by atoms with Crippen molar-refractivity contribution in [1.29, 1.82) is 0 Å². The minimum atomic E-state index is -0.245. The van der Waals surface area contributed by atoms with Crippen LogP contribution in [0.2, 0.25) is 5.02 Å². The van der Waals surface area contributed by atoms with Crippen LogP contribution in [0, 0.1) is 0 Å². The summed E-state index contributed by atoms with van der Waals surface area (Å²) < 4.78 is 0. The SMILES string of the molecule is CN(C)c1ccc(C(=O)NN=Cc2cccc(C=Cc3ccc(Cl)cc3)c2)cc1. The highest BCUT2D eigenvalue weighted by Gasteiger charge is 2.04. The van der Waals surface area contributed by atoms with E-state index >= 15 is 0 Å². The molecule has 0 saturated carbocycles. The van der Waals surface area contributed by atoms with Gasteiger partial charge in [-0.05, 0) is 59.2 Å². The molecule has 146 valence electrons. The normalized spacial score (nSPS) is 11.1. The second-order valence-corrected chi connectivity index (χ2v) is 7.13. The Kier molecular flexibility index (Phi) is 6.82. The number of benzene rings is 3. The summed E-state index contributed by atoms with van der Waals surface area (Å²) in [6.07, 6.45) is 5.67. The highest BCUT2D eigenvalue weighted by atomic mass is 35.5. The lowest BCUT2D eigenvalue weighted by atomic mass is 10.1. The van der Waals surface area contributed by atoms with Crippen LogP contribution in [0.4, 0.5) is 5.69 Å². The molecule has 0 aliphatic rings. The first-order chi connectivity index (χ1) is 14.0. The number of hydrogen-bond acceptors (Lipinski definition) is 3. The quantitative estimate of drug-likeness (QED) is 0.343. The minimum Gasteiger partial charge on any atom is -0.378 e. The maximum absolute atomic E-state index is 12.2. The molecular formula is C24H22ClN3O. The predicted octanol–water partition coefficient (Wildman–Crippen LogP) is 5.34. The van der Waals surface area contributed by atoms with E-state index in [1.807, 2.05) is 91.8 Å². The van der Waals surface area contributed by atoms with E-state index in [9.17, 15) is 4.79 Å². The third kappa shape index (κ3) is 6.06. The van der Waals surface area contributed by atoms with Gasteiger partial charge in [0.1, 0.15) is 0 Å². The molecule has 0 aliphatic carbocycles. The molecule has 0 heterocycles. The summed E-state index contributed by atoms with van der Waals surface area (Å²) in [5, 5.41) is 4.79. The van der Waals surface area contributed by atoms with E-state index < -0.39 is 0 Å². The van der Waals surface area contributed by atoms with Crippen molar-refractivity contribution in [3.05, 3.63) is 100 Å². The first kappa shape index (κ1) is 20.4. The van der Waals surface area contributed by atoms with Gasteiger partial charge in [-0.2, -0.15) is 5.10 Å².